The summed E-state index contributed by atoms with van der Waals surface area (Å²) in [6.07, 6.45) is 0.149. The van der Waals surface area contributed by atoms with Crippen molar-refractivity contribution in [2.45, 2.75) is 46.1 Å². The number of aromatic hydroxyl groups is 1. The van der Waals surface area contributed by atoms with Gasteiger partial charge in [0.2, 0.25) is 0 Å². The molecule has 0 bridgehead atoms. The quantitative estimate of drug-likeness (QED) is 0.806. The van der Waals surface area contributed by atoms with Crippen LogP contribution in [-0.2, 0) is 5.41 Å². The summed E-state index contributed by atoms with van der Waals surface area (Å²) in [5.41, 5.74) is 1.01. The fourth-order valence-electron chi connectivity index (χ4n) is 1.46. The average Bonchev–Trinajstić information content (AvgIpc) is 2.05. The van der Waals surface area contributed by atoms with Crippen LogP contribution in [0.15, 0.2) is 18.2 Å². The largest absolute Gasteiger partial charge is 0.508 e. The Bertz CT molecular complexity index is 335. The summed E-state index contributed by atoms with van der Waals surface area (Å²) in [5.74, 6) is 1.14. The Hall–Kier alpha value is -1.18. The highest BCUT2D eigenvalue weighted by atomic mass is 16.5. The predicted molar refractivity (Wildman–Crippen MR) is 62.6 cm³/mol. The Morgan fingerprint density at radius 1 is 1.20 bits per heavy atom. The first-order chi connectivity index (χ1) is 6.80. The number of phenols is 1. The third-order valence-corrected chi connectivity index (χ3v) is 2.13. The molecule has 0 radical (unpaired) electrons. The first-order valence-electron chi connectivity index (χ1n) is 5.31. The molecular weight excluding hydrogens is 188 g/mol. The summed E-state index contributed by atoms with van der Waals surface area (Å²) in [6.45, 7) is 10.3. The molecule has 15 heavy (non-hydrogen) atoms. The van der Waals surface area contributed by atoms with Gasteiger partial charge in [0.1, 0.15) is 11.5 Å². The van der Waals surface area contributed by atoms with Crippen LogP contribution in [0.1, 0.15) is 40.2 Å². The van der Waals surface area contributed by atoms with Gasteiger partial charge in [0, 0.05) is 5.56 Å². The Balaban J connectivity index is 3.15. The number of hydrogen-bond acceptors (Lipinski definition) is 2. The van der Waals surface area contributed by atoms with E-state index < -0.39 is 0 Å². The summed E-state index contributed by atoms with van der Waals surface area (Å²) < 4.78 is 5.72. The molecule has 0 amide bonds. The average molecular weight is 208 g/mol. The van der Waals surface area contributed by atoms with Gasteiger partial charge in [-0.1, -0.05) is 20.8 Å². The lowest BCUT2D eigenvalue weighted by atomic mass is 9.86. The van der Waals surface area contributed by atoms with Crippen molar-refractivity contribution in [2.24, 2.45) is 0 Å². The van der Waals surface area contributed by atoms with E-state index in [2.05, 4.69) is 20.8 Å². The predicted octanol–water partition coefficient (Wildman–Crippen LogP) is 3.48. The Morgan fingerprint density at radius 3 is 2.27 bits per heavy atom. The lowest BCUT2D eigenvalue weighted by molar-refractivity contribution is 0.236. The van der Waals surface area contributed by atoms with Gasteiger partial charge in [0.15, 0.2) is 0 Å². The monoisotopic (exact) mass is 208 g/mol. The Kier molecular flexibility index (Phi) is 3.28. The van der Waals surface area contributed by atoms with Gasteiger partial charge in [0.05, 0.1) is 6.10 Å². The van der Waals surface area contributed by atoms with E-state index in [1.807, 2.05) is 19.9 Å². The molecule has 0 unspecified atom stereocenters. The summed E-state index contributed by atoms with van der Waals surface area (Å²) in [7, 11) is 0. The summed E-state index contributed by atoms with van der Waals surface area (Å²) >= 11 is 0. The lowest BCUT2D eigenvalue weighted by Crippen LogP contribution is -2.15. The van der Waals surface area contributed by atoms with Gasteiger partial charge >= 0.3 is 0 Å². The number of rotatable bonds is 2. The van der Waals surface area contributed by atoms with Crippen LogP contribution in [0.5, 0.6) is 11.5 Å². The van der Waals surface area contributed by atoms with Crippen molar-refractivity contribution in [1.29, 1.82) is 0 Å². The molecule has 0 atom stereocenters. The fourth-order valence-corrected chi connectivity index (χ4v) is 1.46. The van der Waals surface area contributed by atoms with Gasteiger partial charge in [0.25, 0.3) is 0 Å². The molecule has 84 valence electrons. The molecule has 0 saturated heterocycles. The van der Waals surface area contributed by atoms with Crippen molar-refractivity contribution < 1.29 is 9.84 Å². The van der Waals surface area contributed by atoms with E-state index in [0.717, 1.165) is 11.3 Å². The molecule has 0 aromatic heterocycles. The third-order valence-electron chi connectivity index (χ3n) is 2.13. The molecule has 1 rings (SSSR count). The van der Waals surface area contributed by atoms with E-state index in [0.29, 0.717) is 0 Å². The number of benzene rings is 1. The summed E-state index contributed by atoms with van der Waals surface area (Å²) in [4.78, 5) is 0. The van der Waals surface area contributed by atoms with Crippen LogP contribution in [0.25, 0.3) is 0 Å². The van der Waals surface area contributed by atoms with Gasteiger partial charge in [-0.15, -0.1) is 0 Å². The second-order valence-electron chi connectivity index (χ2n) is 5.10. The van der Waals surface area contributed by atoms with E-state index >= 15 is 0 Å². The first kappa shape index (κ1) is 11.9. The van der Waals surface area contributed by atoms with E-state index in [1.54, 1.807) is 12.1 Å². The van der Waals surface area contributed by atoms with Crippen molar-refractivity contribution in [3.8, 4) is 11.5 Å². The SMILES string of the molecule is CC(C)Oc1ccc(O)cc1C(C)(C)C. The summed E-state index contributed by atoms with van der Waals surface area (Å²) in [5, 5.41) is 9.48. The van der Waals surface area contributed by atoms with Gasteiger partial charge < -0.3 is 9.84 Å². The molecule has 0 aliphatic heterocycles. The van der Waals surface area contributed by atoms with Gasteiger partial charge in [-0.2, -0.15) is 0 Å². The van der Waals surface area contributed by atoms with Crippen molar-refractivity contribution in [1.82, 2.24) is 0 Å². The second-order valence-corrected chi connectivity index (χ2v) is 5.10. The molecule has 0 heterocycles. The van der Waals surface area contributed by atoms with Crippen LogP contribution in [0, 0.1) is 0 Å². The number of phenolic OH excluding ortho intramolecular Hbond substituents is 1. The zero-order valence-electron chi connectivity index (χ0n) is 10.2. The number of ether oxygens (including phenoxy) is 1. The Labute approximate surface area is 91.9 Å². The lowest BCUT2D eigenvalue weighted by Gasteiger charge is -2.24. The van der Waals surface area contributed by atoms with E-state index in [1.165, 1.54) is 0 Å². The minimum Gasteiger partial charge on any atom is -0.508 e. The third kappa shape index (κ3) is 3.15. The topological polar surface area (TPSA) is 29.5 Å². The standard InChI is InChI=1S/C13H20O2/c1-9(2)15-12-7-6-10(14)8-11(12)13(3,4)5/h6-9,14H,1-5H3. The van der Waals surface area contributed by atoms with Crippen LogP contribution in [0.2, 0.25) is 0 Å². The molecule has 0 spiro atoms. The smallest absolute Gasteiger partial charge is 0.123 e. The van der Waals surface area contributed by atoms with Gasteiger partial charge in [-0.05, 0) is 37.5 Å². The zero-order chi connectivity index (χ0) is 11.6. The van der Waals surface area contributed by atoms with E-state index in [-0.39, 0.29) is 17.3 Å². The van der Waals surface area contributed by atoms with Crippen LogP contribution in [-0.4, -0.2) is 11.2 Å². The molecule has 0 aliphatic carbocycles. The maximum atomic E-state index is 9.48. The molecule has 1 N–H and O–H groups in total. The van der Waals surface area contributed by atoms with Gasteiger partial charge in [-0.3, -0.25) is 0 Å². The van der Waals surface area contributed by atoms with Crippen LogP contribution < -0.4 is 4.74 Å². The molecule has 0 fully saturated rings. The van der Waals surface area contributed by atoms with Crippen molar-refractivity contribution in [3.05, 3.63) is 23.8 Å². The molecule has 1 aromatic carbocycles. The normalized spacial score (nSPS) is 11.9. The fraction of sp³-hybridized carbons (Fsp3) is 0.538. The summed E-state index contributed by atoms with van der Waals surface area (Å²) in [6, 6.07) is 5.26. The van der Waals surface area contributed by atoms with Crippen molar-refractivity contribution in [3.63, 3.8) is 0 Å². The van der Waals surface area contributed by atoms with Crippen molar-refractivity contribution in [2.75, 3.05) is 0 Å². The molecule has 0 aliphatic rings. The highest BCUT2D eigenvalue weighted by Gasteiger charge is 2.20. The minimum atomic E-state index is -0.0248. The second kappa shape index (κ2) is 4.13. The van der Waals surface area contributed by atoms with E-state index in [9.17, 15) is 5.11 Å². The molecule has 2 nitrogen and oxygen atoms in total. The van der Waals surface area contributed by atoms with Crippen LogP contribution in [0.3, 0.4) is 0 Å². The number of hydrogen-bond donors (Lipinski definition) is 1. The zero-order valence-corrected chi connectivity index (χ0v) is 10.2. The molecule has 0 saturated carbocycles. The highest BCUT2D eigenvalue weighted by molar-refractivity contribution is 5.43. The highest BCUT2D eigenvalue weighted by Crippen LogP contribution is 2.34. The maximum absolute atomic E-state index is 9.48. The van der Waals surface area contributed by atoms with E-state index in [4.69, 9.17) is 4.74 Å². The first-order valence-corrected chi connectivity index (χ1v) is 5.31. The Morgan fingerprint density at radius 2 is 1.80 bits per heavy atom. The van der Waals surface area contributed by atoms with Crippen LogP contribution >= 0.6 is 0 Å². The molecular formula is C13H20O2. The van der Waals surface area contributed by atoms with Crippen molar-refractivity contribution >= 4 is 0 Å². The minimum absolute atomic E-state index is 0.0248. The van der Waals surface area contributed by atoms with Crippen LogP contribution in [0.4, 0.5) is 0 Å². The molecule has 1 aromatic rings. The van der Waals surface area contributed by atoms with Gasteiger partial charge in [-0.25, -0.2) is 0 Å². The maximum Gasteiger partial charge on any atom is 0.123 e. The molecule has 2 heteroatoms.